The van der Waals surface area contributed by atoms with Crippen LogP contribution in [0, 0.1) is 6.92 Å². The van der Waals surface area contributed by atoms with Crippen LogP contribution in [-0.2, 0) is 11.3 Å². The summed E-state index contributed by atoms with van der Waals surface area (Å²) >= 11 is 0. The zero-order valence-electron chi connectivity index (χ0n) is 17.3. The molecule has 1 aliphatic heterocycles. The number of piperidine rings is 1. The van der Waals surface area contributed by atoms with Crippen molar-refractivity contribution in [3.05, 3.63) is 29.3 Å². The molecular weight excluding hydrogens is 326 g/mol. The van der Waals surface area contributed by atoms with Gasteiger partial charge in [0.15, 0.2) is 0 Å². The lowest BCUT2D eigenvalue weighted by Gasteiger charge is -2.34. The number of carbonyl (C=O) groups excluding carboxylic acids is 1. The van der Waals surface area contributed by atoms with E-state index in [0.29, 0.717) is 6.04 Å². The molecule has 1 aromatic carbocycles. The van der Waals surface area contributed by atoms with Gasteiger partial charge in [-0.1, -0.05) is 13.0 Å². The molecule has 0 aliphatic carbocycles. The van der Waals surface area contributed by atoms with E-state index < -0.39 is 5.60 Å². The highest BCUT2D eigenvalue weighted by Gasteiger charge is 2.26. The molecule has 1 aliphatic rings. The second-order valence-electron chi connectivity index (χ2n) is 8.36. The Labute approximate surface area is 158 Å². The molecule has 1 heterocycles. The molecule has 1 saturated heterocycles. The summed E-state index contributed by atoms with van der Waals surface area (Å²) in [4.78, 5) is 16.3. The predicted octanol–water partition coefficient (Wildman–Crippen LogP) is 4.26. The van der Waals surface area contributed by atoms with Crippen LogP contribution >= 0.6 is 0 Å². The Balaban J connectivity index is 1.89. The second kappa shape index (κ2) is 8.76. The van der Waals surface area contributed by atoms with Gasteiger partial charge in [-0.05, 0) is 77.4 Å². The fourth-order valence-electron chi connectivity index (χ4n) is 3.10. The molecule has 1 fully saturated rings. The van der Waals surface area contributed by atoms with Crippen LogP contribution in [-0.4, -0.2) is 54.2 Å². The Morgan fingerprint density at radius 2 is 1.96 bits per heavy atom. The first-order chi connectivity index (χ1) is 12.2. The van der Waals surface area contributed by atoms with Crippen LogP contribution in [0.1, 0.15) is 51.7 Å². The molecule has 146 valence electrons. The molecule has 0 saturated carbocycles. The van der Waals surface area contributed by atoms with Crippen molar-refractivity contribution in [2.45, 2.75) is 65.6 Å². The smallest absolute Gasteiger partial charge is 0.410 e. The monoisotopic (exact) mass is 361 g/mol. The number of benzene rings is 1. The summed E-state index contributed by atoms with van der Waals surface area (Å²) in [6.45, 7) is 13.6. The SMILES string of the molecule is CCN(C)Cc1cc(NC2CCN(C(=O)OC(C)(C)C)CC2)ccc1C. The molecule has 0 atom stereocenters. The largest absolute Gasteiger partial charge is 0.444 e. The van der Waals surface area contributed by atoms with Crippen LogP contribution in [0.4, 0.5) is 10.5 Å². The van der Waals surface area contributed by atoms with E-state index in [0.717, 1.165) is 39.0 Å². The summed E-state index contributed by atoms with van der Waals surface area (Å²) in [7, 11) is 2.14. The van der Waals surface area contributed by atoms with Crippen molar-refractivity contribution in [3.63, 3.8) is 0 Å². The molecule has 0 unspecified atom stereocenters. The lowest BCUT2D eigenvalue weighted by Crippen LogP contribution is -2.44. The molecule has 0 spiro atoms. The van der Waals surface area contributed by atoms with Crippen LogP contribution in [0.5, 0.6) is 0 Å². The zero-order chi connectivity index (χ0) is 19.3. The number of hydrogen-bond acceptors (Lipinski definition) is 4. The Bertz CT molecular complexity index is 602. The van der Waals surface area contributed by atoms with Crippen LogP contribution in [0.2, 0.25) is 0 Å². The third kappa shape index (κ3) is 6.20. The van der Waals surface area contributed by atoms with E-state index in [2.05, 4.69) is 49.3 Å². The summed E-state index contributed by atoms with van der Waals surface area (Å²) in [6, 6.07) is 7.01. The van der Waals surface area contributed by atoms with Gasteiger partial charge < -0.3 is 19.9 Å². The number of nitrogens with zero attached hydrogens (tertiary/aromatic N) is 2. The van der Waals surface area contributed by atoms with E-state index in [1.54, 1.807) is 0 Å². The normalized spacial score (nSPS) is 16.0. The van der Waals surface area contributed by atoms with Crippen molar-refractivity contribution < 1.29 is 9.53 Å². The fourth-order valence-corrected chi connectivity index (χ4v) is 3.10. The van der Waals surface area contributed by atoms with Gasteiger partial charge in [-0.15, -0.1) is 0 Å². The maximum atomic E-state index is 12.2. The number of likely N-dealkylation sites (tertiary alicyclic amines) is 1. The van der Waals surface area contributed by atoms with Gasteiger partial charge in [-0.2, -0.15) is 0 Å². The molecular formula is C21H35N3O2. The van der Waals surface area contributed by atoms with Gasteiger partial charge in [0.05, 0.1) is 0 Å². The number of aryl methyl sites for hydroxylation is 1. The minimum atomic E-state index is -0.434. The van der Waals surface area contributed by atoms with Crippen molar-refractivity contribution in [3.8, 4) is 0 Å². The highest BCUT2D eigenvalue weighted by Crippen LogP contribution is 2.21. The van der Waals surface area contributed by atoms with Crippen LogP contribution in [0.25, 0.3) is 0 Å². The van der Waals surface area contributed by atoms with Gasteiger partial charge in [-0.3, -0.25) is 0 Å². The Kier molecular flexibility index (Phi) is 6.93. The zero-order valence-corrected chi connectivity index (χ0v) is 17.3. The first kappa shape index (κ1) is 20.6. The van der Waals surface area contributed by atoms with E-state index in [1.807, 2.05) is 25.7 Å². The molecule has 5 heteroatoms. The van der Waals surface area contributed by atoms with Crippen LogP contribution < -0.4 is 5.32 Å². The van der Waals surface area contributed by atoms with E-state index in [1.165, 1.54) is 16.8 Å². The van der Waals surface area contributed by atoms with Gasteiger partial charge >= 0.3 is 6.09 Å². The number of amides is 1. The minimum absolute atomic E-state index is 0.198. The minimum Gasteiger partial charge on any atom is -0.444 e. The number of carbonyl (C=O) groups is 1. The average molecular weight is 362 g/mol. The molecule has 0 bridgehead atoms. The van der Waals surface area contributed by atoms with Crippen molar-refractivity contribution in [1.82, 2.24) is 9.80 Å². The Hall–Kier alpha value is -1.75. The molecule has 1 amide bonds. The summed E-state index contributed by atoms with van der Waals surface area (Å²) in [5.74, 6) is 0. The highest BCUT2D eigenvalue weighted by atomic mass is 16.6. The summed E-state index contributed by atoms with van der Waals surface area (Å²) in [5, 5.41) is 3.65. The molecule has 1 N–H and O–H groups in total. The average Bonchev–Trinajstić information content (AvgIpc) is 2.57. The molecule has 1 aromatic rings. The van der Waals surface area contributed by atoms with Gasteiger partial charge in [-0.25, -0.2) is 4.79 Å². The predicted molar refractivity (Wildman–Crippen MR) is 108 cm³/mol. The third-order valence-electron chi connectivity index (χ3n) is 4.85. The van der Waals surface area contributed by atoms with E-state index >= 15 is 0 Å². The second-order valence-corrected chi connectivity index (χ2v) is 8.36. The molecule has 2 rings (SSSR count). The fraction of sp³-hybridized carbons (Fsp3) is 0.667. The highest BCUT2D eigenvalue weighted by molar-refractivity contribution is 5.68. The van der Waals surface area contributed by atoms with Gasteiger partial charge in [0.2, 0.25) is 0 Å². The summed E-state index contributed by atoms with van der Waals surface area (Å²) < 4.78 is 5.47. The lowest BCUT2D eigenvalue weighted by molar-refractivity contribution is 0.0210. The lowest BCUT2D eigenvalue weighted by atomic mass is 10.0. The van der Waals surface area contributed by atoms with Crippen molar-refractivity contribution in [2.24, 2.45) is 0 Å². The van der Waals surface area contributed by atoms with Crippen molar-refractivity contribution in [1.29, 1.82) is 0 Å². The topological polar surface area (TPSA) is 44.8 Å². The van der Waals surface area contributed by atoms with Crippen molar-refractivity contribution in [2.75, 3.05) is 32.0 Å². The molecule has 5 nitrogen and oxygen atoms in total. The summed E-state index contributed by atoms with van der Waals surface area (Å²) in [6.07, 6.45) is 1.69. The van der Waals surface area contributed by atoms with Crippen LogP contribution in [0.3, 0.4) is 0 Å². The number of nitrogens with one attached hydrogen (secondary N) is 1. The first-order valence-corrected chi connectivity index (χ1v) is 9.70. The quantitative estimate of drug-likeness (QED) is 0.851. The number of rotatable bonds is 5. The maximum Gasteiger partial charge on any atom is 0.410 e. The number of ether oxygens (including phenoxy) is 1. The van der Waals surface area contributed by atoms with Gasteiger partial charge in [0, 0.05) is 31.4 Å². The maximum absolute atomic E-state index is 12.2. The molecule has 0 radical (unpaired) electrons. The summed E-state index contributed by atoms with van der Waals surface area (Å²) in [5.41, 5.74) is 3.43. The van der Waals surface area contributed by atoms with Crippen molar-refractivity contribution >= 4 is 11.8 Å². The van der Waals surface area contributed by atoms with E-state index in [9.17, 15) is 4.79 Å². The third-order valence-corrected chi connectivity index (χ3v) is 4.85. The Morgan fingerprint density at radius 3 is 2.54 bits per heavy atom. The van der Waals surface area contributed by atoms with Gasteiger partial charge in [0.25, 0.3) is 0 Å². The van der Waals surface area contributed by atoms with Crippen LogP contribution in [0.15, 0.2) is 18.2 Å². The Morgan fingerprint density at radius 1 is 1.31 bits per heavy atom. The van der Waals surface area contributed by atoms with E-state index in [-0.39, 0.29) is 6.09 Å². The molecule has 26 heavy (non-hydrogen) atoms. The molecule has 0 aromatic heterocycles. The van der Waals surface area contributed by atoms with Gasteiger partial charge in [0.1, 0.15) is 5.60 Å². The first-order valence-electron chi connectivity index (χ1n) is 9.70. The standard InChI is InChI=1S/C21H35N3O2/c1-7-23(6)15-17-14-19(9-8-16(17)2)22-18-10-12-24(13-11-18)20(25)26-21(3,4)5/h8-9,14,18,22H,7,10-13,15H2,1-6H3. The van der Waals surface area contributed by atoms with E-state index in [4.69, 9.17) is 4.74 Å². The number of anilines is 1. The number of hydrogen-bond donors (Lipinski definition) is 1.